The molecule has 2 aliphatic rings. The van der Waals surface area contributed by atoms with Gasteiger partial charge in [0.25, 0.3) is 10.1 Å². The smallest absolute Gasteiger partial charge is 0.744 e. The molecular formula is C41H38K3N2O12S4+. The van der Waals surface area contributed by atoms with Crippen molar-refractivity contribution in [2.45, 2.75) is 60.2 Å². The van der Waals surface area contributed by atoms with Crippen LogP contribution in [0, 0.1) is 12.0 Å². The quantitative estimate of drug-likeness (QED) is 0.0121. The van der Waals surface area contributed by atoms with Crippen molar-refractivity contribution in [3.05, 3.63) is 120 Å². The zero-order valence-corrected chi connectivity index (χ0v) is 47.7. The predicted molar refractivity (Wildman–Crippen MR) is 221 cm³/mol. The number of rotatable bonds is 14. The molecule has 1 N–H and O–H groups in total. The van der Waals surface area contributed by atoms with Crippen LogP contribution in [0.4, 0.5) is 11.4 Å². The van der Waals surface area contributed by atoms with Gasteiger partial charge in [-0.15, -0.1) is 17.2 Å². The van der Waals surface area contributed by atoms with Crippen molar-refractivity contribution in [2.75, 3.05) is 17.2 Å². The second-order valence-corrected chi connectivity index (χ2v) is 18.8. The molecule has 14 nitrogen and oxygen atoms in total. The van der Waals surface area contributed by atoms with Crippen LogP contribution in [-0.2, 0) is 50.4 Å². The van der Waals surface area contributed by atoms with Gasteiger partial charge in [-0.3, -0.25) is 14.6 Å². The SMILES string of the molecule is CC1(C)C(=CC=CC=CC=CC2=[N+](C#CC(S)OO[O-])c3ccc4cc(S(=O)(=O)[O-])ccc4c3C2(C)C)N(CCCS(=O)(=O)O)c2ccc3cc(SOO[O-])ccc3c21.[K+].[K+].[K+]. The number of hydrogen-bond acceptors (Lipinski definition) is 14. The first-order valence-corrected chi connectivity index (χ1v) is 22.2. The van der Waals surface area contributed by atoms with E-state index in [9.17, 15) is 36.5 Å². The van der Waals surface area contributed by atoms with E-state index in [-0.39, 0.29) is 165 Å². The summed E-state index contributed by atoms with van der Waals surface area (Å²) in [4.78, 5) is 6.88. The summed E-state index contributed by atoms with van der Waals surface area (Å²) in [7, 11) is -8.84. The Balaban J connectivity index is 0.00000341. The molecule has 6 rings (SSSR count). The number of thiol groups is 1. The Bertz CT molecular complexity index is 2760. The Labute approximate surface area is 498 Å². The fraction of sp³-hybridized carbons (Fsp3) is 0.244. The third kappa shape index (κ3) is 13.2. The second kappa shape index (κ2) is 24.2. The van der Waals surface area contributed by atoms with E-state index in [4.69, 9.17) is 0 Å². The molecule has 0 radical (unpaired) electrons. The fourth-order valence-electron chi connectivity index (χ4n) is 7.73. The number of hydrogen-bond donors (Lipinski definition) is 2. The molecule has 0 saturated carbocycles. The van der Waals surface area contributed by atoms with Crippen molar-refractivity contribution < 1.29 is 214 Å². The molecule has 0 saturated heterocycles. The predicted octanol–water partition coefficient (Wildman–Crippen LogP) is -3.42. The third-order valence-electron chi connectivity index (χ3n) is 10.1. The third-order valence-corrected chi connectivity index (χ3v) is 12.6. The zero-order valence-electron chi connectivity index (χ0n) is 35.0. The van der Waals surface area contributed by atoms with Crippen molar-refractivity contribution in [1.29, 1.82) is 0 Å². The molecule has 62 heavy (non-hydrogen) atoms. The van der Waals surface area contributed by atoms with Crippen LogP contribution in [0.5, 0.6) is 0 Å². The van der Waals surface area contributed by atoms with Crippen LogP contribution in [0.25, 0.3) is 21.5 Å². The van der Waals surface area contributed by atoms with E-state index in [1.807, 2.05) is 86.7 Å². The van der Waals surface area contributed by atoms with Crippen LogP contribution in [0.1, 0.15) is 45.2 Å². The maximum atomic E-state index is 11.8. The number of anilines is 1. The fourth-order valence-corrected chi connectivity index (χ4v) is 9.22. The van der Waals surface area contributed by atoms with E-state index >= 15 is 0 Å². The summed E-state index contributed by atoms with van der Waals surface area (Å²) in [6.07, 6.45) is 13.3. The molecule has 0 amide bonds. The van der Waals surface area contributed by atoms with Crippen molar-refractivity contribution in [1.82, 2.24) is 0 Å². The molecule has 4 aromatic carbocycles. The van der Waals surface area contributed by atoms with Crippen LogP contribution in [0.15, 0.2) is 119 Å². The Morgan fingerprint density at radius 1 is 0.855 bits per heavy atom. The number of fused-ring (bicyclic) bond motifs is 6. The molecule has 1 unspecified atom stereocenters. The Kier molecular flexibility index (Phi) is 22.2. The molecule has 0 aliphatic carbocycles. The largest absolute Gasteiger partial charge is 1.00 e. The average molecular weight is 996 g/mol. The van der Waals surface area contributed by atoms with E-state index in [0.29, 0.717) is 22.5 Å². The minimum absolute atomic E-state index is 0. The van der Waals surface area contributed by atoms with Gasteiger partial charge in [-0.1, -0.05) is 62.4 Å². The van der Waals surface area contributed by atoms with E-state index < -0.39 is 42.3 Å². The van der Waals surface area contributed by atoms with E-state index in [2.05, 4.69) is 62.6 Å². The molecule has 4 aromatic rings. The summed E-state index contributed by atoms with van der Waals surface area (Å²) in [5.74, 6) is 2.34. The molecule has 21 heteroatoms. The molecule has 310 valence electrons. The molecule has 2 heterocycles. The Morgan fingerprint density at radius 2 is 1.50 bits per heavy atom. The molecule has 1 atom stereocenters. The first-order valence-electron chi connectivity index (χ1n) is 17.9. The van der Waals surface area contributed by atoms with Gasteiger partial charge in [-0.2, -0.15) is 12.8 Å². The van der Waals surface area contributed by atoms with Crippen LogP contribution >= 0.6 is 24.7 Å². The van der Waals surface area contributed by atoms with Gasteiger partial charge in [0.15, 0.2) is 0 Å². The Hall–Kier alpha value is 0.579. The molecule has 0 bridgehead atoms. The normalized spacial score (nSPS) is 16.7. The minimum Gasteiger partial charge on any atom is -0.744 e. The van der Waals surface area contributed by atoms with Crippen LogP contribution in [0.3, 0.4) is 0 Å². The molecule has 0 fully saturated rings. The summed E-state index contributed by atoms with van der Waals surface area (Å²) in [6.45, 7) is 8.47. The van der Waals surface area contributed by atoms with Gasteiger partial charge in [0, 0.05) is 51.9 Å². The van der Waals surface area contributed by atoms with Crippen LogP contribution in [0.2, 0.25) is 0 Å². The minimum atomic E-state index is -4.67. The summed E-state index contributed by atoms with van der Waals surface area (Å²) < 4.78 is 74.1. The second-order valence-electron chi connectivity index (χ2n) is 14.6. The van der Waals surface area contributed by atoms with Crippen molar-refractivity contribution in [2.24, 2.45) is 0 Å². The van der Waals surface area contributed by atoms with Gasteiger partial charge < -0.3 is 20.0 Å². The van der Waals surface area contributed by atoms with Gasteiger partial charge in [-0.05, 0) is 89.9 Å². The summed E-state index contributed by atoms with van der Waals surface area (Å²) in [5.41, 5.74) is 2.76. The van der Waals surface area contributed by atoms with Crippen molar-refractivity contribution >= 4 is 83.5 Å². The van der Waals surface area contributed by atoms with Gasteiger partial charge >= 0.3 is 154 Å². The molecule has 0 aromatic heterocycles. The van der Waals surface area contributed by atoms with E-state index in [1.54, 1.807) is 22.8 Å². The number of nitrogens with zero attached hydrogens (tertiary/aromatic N) is 2. The monoisotopic (exact) mass is 995 g/mol. The van der Waals surface area contributed by atoms with Crippen LogP contribution < -0.4 is 170 Å². The van der Waals surface area contributed by atoms with Gasteiger partial charge in [0.05, 0.1) is 28.1 Å². The number of benzene rings is 4. The van der Waals surface area contributed by atoms with E-state index in [0.717, 1.165) is 56.4 Å². The maximum absolute atomic E-state index is 11.8. The van der Waals surface area contributed by atoms with Crippen molar-refractivity contribution in [3.8, 4) is 12.0 Å². The molecule has 0 spiro atoms. The zero-order chi connectivity index (χ0) is 42.8. The number of allylic oxidation sites excluding steroid dienone is 8. The van der Waals surface area contributed by atoms with Gasteiger partial charge in [0.2, 0.25) is 22.9 Å². The van der Waals surface area contributed by atoms with Gasteiger partial charge in [0.1, 0.15) is 10.1 Å². The van der Waals surface area contributed by atoms with Crippen LogP contribution in [-0.4, -0.2) is 54.0 Å². The molecule has 2 aliphatic heterocycles. The Morgan fingerprint density at radius 3 is 2.18 bits per heavy atom. The summed E-state index contributed by atoms with van der Waals surface area (Å²) >= 11 is 4.92. The molecular weight excluding hydrogens is 958 g/mol. The van der Waals surface area contributed by atoms with E-state index in [1.165, 1.54) is 12.1 Å². The average Bonchev–Trinajstić information content (AvgIpc) is 3.52. The van der Waals surface area contributed by atoms with Gasteiger partial charge in [-0.25, -0.2) is 13.3 Å². The first-order chi connectivity index (χ1) is 27.9. The topological polar surface area (TPSA) is 201 Å². The summed E-state index contributed by atoms with van der Waals surface area (Å²) in [6, 6.07) is 20.3. The first kappa shape index (κ1) is 56.9. The maximum Gasteiger partial charge on any atom is 1.00 e. The summed E-state index contributed by atoms with van der Waals surface area (Å²) in [5, 5.41) is 31.0. The standard InChI is InChI=1S/C41H40N2O12S4.3K/c1-40(2)35(42(22-10-24-58(46,47)48)33-19-13-27-25-29(57-55-54-45)15-17-31(27)38(33)40)11-8-6-5-7-9-12-36-41(3,4)39-32-18-16-30(59(49,50)51)26-28(32)14-20-34(39)43(36)23-21-37(56)52-53-44;;;/h5-9,11-20,25-26,37H,10,22,24H2,1-4H3,(H4-,44,45,46,47,48,49,50,51,56);;;/q;3*+1/p-2. The van der Waals surface area contributed by atoms with Crippen molar-refractivity contribution in [3.63, 3.8) is 0 Å².